The van der Waals surface area contributed by atoms with E-state index in [0.717, 1.165) is 10.8 Å². The van der Waals surface area contributed by atoms with E-state index >= 15 is 0 Å². The molecule has 0 fully saturated rings. The van der Waals surface area contributed by atoms with E-state index in [4.69, 9.17) is 4.74 Å². The highest BCUT2D eigenvalue weighted by molar-refractivity contribution is 5.20. The summed E-state index contributed by atoms with van der Waals surface area (Å²) in [6.45, 7) is 3.88. The number of nitro groups is 1. The van der Waals surface area contributed by atoms with Gasteiger partial charge in [-0.3, -0.25) is 24.5 Å². The van der Waals surface area contributed by atoms with E-state index in [0.29, 0.717) is 6.42 Å². The fraction of sp³-hybridized carbons (Fsp3) is 0.600. The summed E-state index contributed by atoms with van der Waals surface area (Å²) in [5, 5.41) is 10.6. The molecule has 0 aliphatic heterocycles. The van der Waals surface area contributed by atoms with Crippen molar-refractivity contribution in [1.29, 1.82) is 0 Å². The van der Waals surface area contributed by atoms with Crippen molar-refractivity contribution in [2.45, 2.75) is 32.4 Å². The van der Waals surface area contributed by atoms with E-state index in [1.807, 2.05) is 18.8 Å². The Hall–Kier alpha value is -1.96. The predicted octanol–water partition coefficient (Wildman–Crippen LogP) is 0.260. The van der Waals surface area contributed by atoms with Crippen molar-refractivity contribution in [3.05, 3.63) is 37.1 Å². The Balaban J connectivity index is 3.04. The summed E-state index contributed by atoms with van der Waals surface area (Å²) in [6, 6.07) is 0. The largest absolute Gasteiger partial charge is 0.379 e. The Bertz CT molecular complexity index is 557. The van der Waals surface area contributed by atoms with E-state index in [-0.39, 0.29) is 6.54 Å². The average molecular weight is 257 g/mol. The third-order valence-corrected chi connectivity index (χ3v) is 2.70. The quantitative estimate of drug-likeness (QED) is 0.601. The SMILES string of the molecule is COC(C)(C)CCn1cc([N+](=O)[O-])c(=O)[nH]c1=O. The number of ether oxygens (including phenoxy) is 1. The topological polar surface area (TPSA) is 107 Å². The molecule has 18 heavy (non-hydrogen) atoms. The van der Waals surface area contributed by atoms with Gasteiger partial charge in [-0.15, -0.1) is 0 Å². The molecule has 1 aromatic rings. The van der Waals surface area contributed by atoms with E-state index in [1.54, 1.807) is 0 Å². The molecule has 100 valence electrons. The van der Waals surface area contributed by atoms with Gasteiger partial charge in [0.05, 0.1) is 16.7 Å². The van der Waals surface area contributed by atoms with Crippen LogP contribution in [0.3, 0.4) is 0 Å². The van der Waals surface area contributed by atoms with Crippen molar-refractivity contribution in [1.82, 2.24) is 9.55 Å². The highest BCUT2D eigenvalue weighted by atomic mass is 16.6. The number of methoxy groups -OCH3 is 1. The second-order valence-electron chi connectivity index (χ2n) is 4.44. The van der Waals surface area contributed by atoms with Gasteiger partial charge in [-0.2, -0.15) is 0 Å². The Morgan fingerprint density at radius 3 is 2.61 bits per heavy atom. The highest BCUT2D eigenvalue weighted by Crippen LogP contribution is 2.13. The average Bonchev–Trinajstić information content (AvgIpc) is 2.27. The second-order valence-corrected chi connectivity index (χ2v) is 4.44. The van der Waals surface area contributed by atoms with Gasteiger partial charge in [-0.05, 0) is 20.3 Å². The summed E-state index contributed by atoms with van der Waals surface area (Å²) >= 11 is 0. The van der Waals surface area contributed by atoms with Crippen molar-refractivity contribution >= 4 is 5.69 Å². The second kappa shape index (κ2) is 5.13. The van der Waals surface area contributed by atoms with Crippen LogP contribution >= 0.6 is 0 Å². The van der Waals surface area contributed by atoms with Gasteiger partial charge >= 0.3 is 16.9 Å². The summed E-state index contributed by atoms with van der Waals surface area (Å²) < 4.78 is 6.28. The fourth-order valence-electron chi connectivity index (χ4n) is 1.29. The highest BCUT2D eigenvalue weighted by Gasteiger charge is 2.19. The van der Waals surface area contributed by atoms with Gasteiger partial charge in [0, 0.05) is 13.7 Å². The molecule has 1 N–H and O–H groups in total. The van der Waals surface area contributed by atoms with E-state index < -0.39 is 27.5 Å². The molecule has 0 radical (unpaired) electrons. The smallest absolute Gasteiger partial charge is 0.350 e. The van der Waals surface area contributed by atoms with Gasteiger partial charge in [0.15, 0.2) is 0 Å². The normalized spacial score (nSPS) is 11.5. The zero-order chi connectivity index (χ0) is 13.9. The molecule has 0 aliphatic rings. The first-order valence-electron chi connectivity index (χ1n) is 5.30. The molecule has 1 aromatic heterocycles. The fourth-order valence-corrected chi connectivity index (χ4v) is 1.29. The molecule has 0 saturated carbocycles. The van der Waals surface area contributed by atoms with Crippen LogP contribution in [0.1, 0.15) is 20.3 Å². The summed E-state index contributed by atoms with van der Waals surface area (Å²) in [6.07, 6.45) is 1.43. The maximum Gasteiger partial charge on any atom is 0.350 e. The van der Waals surface area contributed by atoms with Crippen molar-refractivity contribution in [2.24, 2.45) is 0 Å². The van der Waals surface area contributed by atoms with Gasteiger partial charge in [0.1, 0.15) is 0 Å². The lowest BCUT2D eigenvalue weighted by molar-refractivity contribution is -0.386. The number of aromatic nitrogens is 2. The zero-order valence-electron chi connectivity index (χ0n) is 10.4. The molecule has 8 nitrogen and oxygen atoms in total. The molecule has 0 bridgehead atoms. The molecule has 0 aliphatic carbocycles. The van der Waals surface area contributed by atoms with Gasteiger partial charge in [0.2, 0.25) is 0 Å². The van der Waals surface area contributed by atoms with Crippen molar-refractivity contribution in [3.8, 4) is 0 Å². The Labute approximate surface area is 102 Å². The van der Waals surface area contributed by atoms with E-state index in [2.05, 4.69) is 0 Å². The van der Waals surface area contributed by atoms with E-state index in [1.165, 1.54) is 7.11 Å². The molecule has 0 saturated heterocycles. The minimum atomic E-state index is -0.993. The first kappa shape index (κ1) is 14.1. The lowest BCUT2D eigenvalue weighted by Gasteiger charge is -2.22. The van der Waals surface area contributed by atoms with Crippen LogP contribution in [-0.2, 0) is 11.3 Å². The molecule has 0 unspecified atom stereocenters. The Morgan fingerprint density at radius 1 is 1.50 bits per heavy atom. The maximum atomic E-state index is 11.5. The van der Waals surface area contributed by atoms with Crippen LogP contribution in [0.2, 0.25) is 0 Å². The molecule has 1 heterocycles. The van der Waals surface area contributed by atoms with Crippen LogP contribution < -0.4 is 11.2 Å². The van der Waals surface area contributed by atoms with Crippen LogP contribution in [0.25, 0.3) is 0 Å². The summed E-state index contributed by atoms with van der Waals surface area (Å²) in [7, 11) is 1.54. The van der Waals surface area contributed by atoms with Gasteiger partial charge in [-0.25, -0.2) is 4.79 Å². The summed E-state index contributed by atoms with van der Waals surface area (Å²) in [4.78, 5) is 34.3. The molecule has 8 heteroatoms. The van der Waals surface area contributed by atoms with E-state index in [9.17, 15) is 19.7 Å². The summed E-state index contributed by atoms with van der Waals surface area (Å²) in [5.74, 6) is 0. The molecule has 0 amide bonds. The Morgan fingerprint density at radius 2 is 2.11 bits per heavy atom. The van der Waals surface area contributed by atoms with Gasteiger partial charge < -0.3 is 4.74 Å². The number of hydrogen-bond acceptors (Lipinski definition) is 5. The lowest BCUT2D eigenvalue weighted by atomic mass is 10.1. The van der Waals surface area contributed by atoms with Crippen LogP contribution in [-0.4, -0.2) is 27.2 Å². The van der Waals surface area contributed by atoms with Gasteiger partial charge in [0.25, 0.3) is 0 Å². The maximum absolute atomic E-state index is 11.5. The lowest BCUT2D eigenvalue weighted by Crippen LogP contribution is -2.33. The Kier molecular flexibility index (Phi) is 4.02. The first-order chi connectivity index (χ1) is 8.26. The predicted molar refractivity (Wildman–Crippen MR) is 63.7 cm³/mol. The number of nitrogens with one attached hydrogen (secondary N) is 1. The zero-order valence-corrected chi connectivity index (χ0v) is 10.4. The number of rotatable bonds is 5. The minimum Gasteiger partial charge on any atom is -0.379 e. The van der Waals surface area contributed by atoms with Crippen molar-refractivity contribution in [3.63, 3.8) is 0 Å². The van der Waals surface area contributed by atoms with Gasteiger partial charge in [-0.1, -0.05) is 0 Å². The number of aryl methyl sites for hydroxylation is 1. The monoisotopic (exact) mass is 257 g/mol. The molecule has 0 spiro atoms. The van der Waals surface area contributed by atoms with Crippen LogP contribution in [0.4, 0.5) is 5.69 Å². The molecule has 0 atom stereocenters. The van der Waals surface area contributed by atoms with Crippen LogP contribution in [0.5, 0.6) is 0 Å². The third-order valence-electron chi connectivity index (χ3n) is 2.70. The summed E-state index contributed by atoms with van der Waals surface area (Å²) in [5.41, 5.74) is -2.76. The standard InChI is InChI=1S/C10H15N3O5/c1-10(2,18-3)4-5-12-6-7(13(16)17)8(14)11-9(12)15/h6H,4-5H2,1-3H3,(H,11,14,15). The first-order valence-corrected chi connectivity index (χ1v) is 5.30. The van der Waals surface area contributed by atoms with Crippen molar-refractivity contribution < 1.29 is 9.66 Å². The molecular weight excluding hydrogens is 242 g/mol. The third kappa shape index (κ3) is 3.27. The minimum absolute atomic E-state index is 0.220. The molecule has 1 rings (SSSR count). The number of hydrogen-bond donors (Lipinski definition) is 1. The van der Waals surface area contributed by atoms with Crippen molar-refractivity contribution in [2.75, 3.05) is 7.11 Å². The number of H-pyrrole nitrogens is 1. The molecular formula is C10H15N3O5. The number of aromatic amines is 1. The van der Waals surface area contributed by atoms with Crippen LogP contribution in [0, 0.1) is 10.1 Å². The number of nitrogens with zero attached hydrogens (tertiary/aromatic N) is 2. The van der Waals surface area contributed by atoms with Crippen LogP contribution in [0.15, 0.2) is 15.8 Å². The molecule has 0 aromatic carbocycles.